The molecule has 0 amide bonds. The minimum Gasteiger partial charge on any atom is -0.496 e. The van der Waals surface area contributed by atoms with E-state index in [1.54, 1.807) is 18.4 Å². The van der Waals surface area contributed by atoms with Gasteiger partial charge in [-0.05, 0) is 36.8 Å². The summed E-state index contributed by atoms with van der Waals surface area (Å²) < 4.78 is 5.37. The molecule has 0 unspecified atom stereocenters. The molecular formula is C13H15NOS. The van der Waals surface area contributed by atoms with Crippen molar-refractivity contribution < 1.29 is 4.74 Å². The summed E-state index contributed by atoms with van der Waals surface area (Å²) in [4.78, 5) is 2.53. The van der Waals surface area contributed by atoms with Crippen molar-refractivity contribution in [2.45, 2.75) is 13.5 Å². The molecule has 0 aliphatic carbocycles. The van der Waals surface area contributed by atoms with Crippen LogP contribution >= 0.6 is 11.3 Å². The van der Waals surface area contributed by atoms with E-state index in [4.69, 9.17) is 10.5 Å². The van der Waals surface area contributed by atoms with Crippen molar-refractivity contribution >= 4 is 11.3 Å². The average Bonchev–Trinajstić information content (AvgIpc) is 2.75. The second-order valence-electron chi connectivity index (χ2n) is 3.65. The quantitative estimate of drug-likeness (QED) is 0.883. The number of aryl methyl sites for hydroxylation is 1. The van der Waals surface area contributed by atoms with Gasteiger partial charge < -0.3 is 10.5 Å². The predicted molar refractivity (Wildman–Crippen MR) is 68.9 cm³/mol. The zero-order chi connectivity index (χ0) is 11.5. The summed E-state index contributed by atoms with van der Waals surface area (Å²) in [5.41, 5.74) is 7.91. The number of methoxy groups -OCH3 is 1. The molecule has 2 nitrogen and oxygen atoms in total. The molecule has 0 radical (unpaired) electrons. The van der Waals surface area contributed by atoms with Crippen LogP contribution in [0.25, 0.3) is 10.4 Å². The van der Waals surface area contributed by atoms with Gasteiger partial charge in [0.1, 0.15) is 5.75 Å². The Labute approximate surface area is 99.7 Å². The van der Waals surface area contributed by atoms with Gasteiger partial charge in [-0.15, -0.1) is 11.3 Å². The molecule has 1 aromatic carbocycles. The SMILES string of the molecule is COc1ccc(CN)cc1-c1ccc(C)s1. The monoisotopic (exact) mass is 233 g/mol. The van der Waals surface area contributed by atoms with Crippen LogP contribution in [-0.2, 0) is 6.54 Å². The normalized spacial score (nSPS) is 10.4. The lowest BCUT2D eigenvalue weighted by Gasteiger charge is -2.08. The van der Waals surface area contributed by atoms with Crippen molar-refractivity contribution in [1.82, 2.24) is 0 Å². The highest BCUT2D eigenvalue weighted by atomic mass is 32.1. The maximum Gasteiger partial charge on any atom is 0.127 e. The molecule has 0 atom stereocenters. The number of hydrogen-bond acceptors (Lipinski definition) is 3. The first-order valence-electron chi connectivity index (χ1n) is 5.18. The Balaban J connectivity index is 2.52. The van der Waals surface area contributed by atoms with Gasteiger partial charge in [0.2, 0.25) is 0 Å². The van der Waals surface area contributed by atoms with E-state index in [1.807, 2.05) is 12.1 Å². The van der Waals surface area contributed by atoms with Crippen LogP contribution in [0.15, 0.2) is 30.3 Å². The highest BCUT2D eigenvalue weighted by Crippen LogP contribution is 2.35. The lowest BCUT2D eigenvalue weighted by atomic mass is 10.1. The Morgan fingerprint density at radius 2 is 2.06 bits per heavy atom. The molecule has 0 spiro atoms. The van der Waals surface area contributed by atoms with Gasteiger partial charge in [0.05, 0.1) is 7.11 Å². The summed E-state index contributed by atoms with van der Waals surface area (Å²) >= 11 is 1.77. The van der Waals surface area contributed by atoms with Gasteiger partial charge in [0.25, 0.3) is 0 Å². The summed E-state index contributed by atoms with van der Waals surface area (Å²) in [5, 5.41) is 0. The molecule has 84 valence electrons. The third-order valence-corrected chi connectivity index (χ3v) is 3.54. The van der Waals surface area contributed by atoms with Gasteiger partial charge in [-0.25, -0.2) is 0 Å². The molecule has 2 N–H and O–H groups in total. The maximum absolute atomic E-state index is 5.66. The van der Waals surface area contributed by atoms with Gasteiger partial charge >= 0.3 is 0 Å². The molecule has 0 fully saturated rings. The molecule has 2 rings (SSSR count). The number of rotatable bonds is 3. The molecule has 3 heteroatoms. The largest absolute Gasteiger partial charge is 0.496 e. The first-order valence-corrected chi connectivity index (χ1v) is 6.00. The Hall–Kier alpha value is -1.32. The molecule has 2 aromatic rings. The summed E-state index contributed by atoms with van der Waals surface area (Å²) in [6.07, 6.45) is 0. The van der Waals surface area contributed by atoms with Gasteiger partial charge in [0, 0.05) is 21.9 Å². The fraction of sp³-hybridized carbons (Fsp3) is 0.231. The molecule has 1 heterocycles. The van der Waals surface area contributed by atoms with E-state index in [-0.39, 0.29) is 0 Å². The van der Waals surface area contributed by atoms with Crippen molar-refractivity contribution in [3.63, 3.8) is 0 Å². The average molecular weight is 233 g/mol. The van der Waals surface area contributed by atoms with E-state index in [1.165, 1.54) is 9.75 Å². The third-order valence-electron chi connectivity index (χ3n) is 2.51. The Morgan fingerprint density at radius 1 is 1.25 bits per heavy atom. The first-order chi connectivity index (χ1) is 7.74. The molecule has 0 bridgehead atoms. The highest BCUT2D eigenvalue weighted by molar-refractivity contribution is 7.15. The molecule has 16 heavy (non-hydrogen) atoms. The number of thiophene rings is 1. The third kappa shape index (κ3) is 2.10. The van der Waals surface area contributed by atoms with Crippen LogP contribution in [0.5, 0.6) is 5.75 Å². The van der Waals surface area contributed by atoms with Crippen molar-refractivity contribution in [2.75, 3.05) is 7.11 Å². The second kappa shape index (κ2) is 4.68. The van der Waals surface area contributed by atoms with Gasteiger partial charge in [-0.2, -0.15) is 0 Å². The second-order valence-corrected chi connectivity index (χ2v) is 4.94. The van der Waals surface area contributed by atoms with E-state index in [2.05, 4.69) is 25.1 Å². The predicted octanol–water partition coefficient (Wildman–Crippen LogP) is 3.19. The number of nitrogens with two attached hydrogens (primary N) is 1. The van der Waals surface area contributed by atoms with E-state index < -0.39 is 0 Å². The van der Waals surface area contributed by atoms with Crippen LogP contribution in [0.2, 0.25) is 0 Å². The van der Waals surface area contributed by atoms with Crippen molar-refractivity contribution in [3.05, 3.63) is 40.8 Å². The van der Waals surface area contributed by atoms with Gasteiger partial charge in [0.15, 0.2) is 0 Å². The fourth-order valence-corrected chi connectivity index (χ4v) is 2.54. The first kappa shape index (κ1) is 11.2. The standard InChI is InChI=1S/C13H15NOS/c1-9-3-6-13(16-9)11-7-10(8-14)4-5-12(11)15-2/h3-7H,8,14H2,1-2H3. The minimum atomic E-state index is 0.557. The zero-order valence-corrected chi connectivity index (χ0v) is 10.3. The van der Waals surface area contributed by atoms with Crippen molar-refractivity contribution in [1.29, 1.82) is 0 Å². The summed E-state index contributed by atoms with van der Waals surface area (Å²) in [7, 11) is 1.70. The number of hydrogen-bond donors (Lipinski definition) is 1. The molecular weight excluding hydrogens is 218 g/mol. The molecule has 0 saturated carbocycles. The summed E-state index contributed by atoms with van der Waals surface area (Å²) in [6.45, 7) is 2.66. The van der Waals surface area contributed by atoms with Crippen molar-refractivity contribution in [3.8, 4) is 16.2 Å². The Bertz CT molecular complexity index is 490. The van der Waals surface area contributed by atoms with Crippen LogP contribution < -0.4 is 10.5 Å². The molecule has 0 aliphatic rings. The smallest absolute Gasteiger partial charge is 0.127 e. The van der Waals surface area contributed by atoms with Gasteiger partial charge in [-0.1, -0.05) is 6.07 Å². The molecule has 0 aliphatic heterocycles. The molecule has 1 aromatic heterocycles. The minimum absolute atomic E-state index is 0.557. The van der Waals surface area contributed by atoms with E-state index in [9.17, 15) is 0 Å². The van der Waals surface area contributed by atoms with Crippen molar-refractivity contribution in [2.24, 2.45) is 5.73 Å². The molecule has 0 saturated heterocycles. The maximum atomic E-state index is 5.66. The van der Waals surface area contributed by atoms with Crippen LogP contribution in [0.3, 0.4) is 0 Å². The van der Waals surface area contributed by atoms with Crippen LogP contribution in [0.1, 0.15) is 10.4 Å². The van der Waals surface area contributed by atoms with Crippen LogP contribution in [-0.4, -0.2) is 7.11 Å². The fourth-order valence-electron chi connectivity index (χ4n) is 1.65. The topological polar surface area (TPSA) is 35.2 Å². The van der Waals surface area contributed by atoms with Crippen LogP contribution in [0.4, 0.5) is 0 Å². The van der Waals surface area contributed by atoms with Crippen LogP contribution in [0, 0.1) is 6.92 Å². The zero-order valence-electron chi connectivity index (χ0n) is 9.49. The summed E-state index contributed by atoms with van der Waals surface area (Å²) in [5.74, 6) is 0.902. The summed E-state index contributed by atoms with van der Waals surface area (Å²) in [6, 6.07) is 10.3. The Morgan fingerprint density at radius 3 is 2.62 bits per heavy atom. The van der Waals surface area contributed by atoms with E-state index in [0.29, 0.717) is 6.54 Å². The number of benzene rings is 1. The van der Waals surface area contributed by atoms with Gasteiger partial charge in [-0.3, -0.25) is 0 Å². The highest BCUT2D eigenvalue weighted by Gasteiger charge is 2.08. The lowest BCUT2D eigenvalue weighted by Crippen LogP contribution is -1.97. The van der Waals surface area contributed by atoms with E-state index >= 15 is 0 Å². The Kier molecular flexibility index (Phi) is 3.27. The van der Waals surface area contributed by atoms with E-state index in [0.717, 1.165) is 16.9 Å². The lowest BCUT2D eigenvalue weighted by molar-refractivity contribution is 0.416. The number of ether oxygens (including phenoxy) is 1.